The summed E-state index contributed by atoms with van der Waals surface area (Å²) in [6.45, 7) is 6.28. The molecule has 2 saturated heterocycles. The van der Waals surface area contributed by atoms with E-state index >= 15 is 0 Å². The summed E-state index contributed by atoms with van der Waals surface area (Å²) >= 11 is 0.910. The minimum absolute atomic E-state index is 0.150. The van der Waals surface area contributed by atoms with Gasteiger partial charge >= 0.3 is 0 Å². The normalized spacial score (nSPS) is 19.7. The van der Waals surface area contributed by atoms with Gasteiger partial charge in [0, 0.05) is 42.3 Å². The summed E-state index contributed by atoms with van der Waals surface area (Å²) in [6.07, 6.45) is 5.70. The zero-order valence-corrected chi connectivity index (χ0v) is 17.6. The van der Waals surface area contributed by atoms with Crippen molar-refractivity contribution >= 4 is 45.8 Å². The highest BCUT2D eigenvalue weighted by molar-refractivity contribution is 8.18. The number of imide groups is 1. The van der Waals surface area contributed by atoms with Crippen molar-refractivity contribution in [2.24, 2.45) is 5.92 Å². The van der Waals surface area contributed by atoms with Gasteiger partial charge in [0.2, 0.25) is 5.91 Å². The number of hydrogen-bond donors (Lipinski definition) is 0. The zero-order valence-electron chi connectivity index (χ0n) is 16.8. The number of rotatable bonds is 4. The Hall–Kier alpha value is -2.54. The van der Waals surface area contributed by atoms with Crippen LogP contribution in [-0.2, 0) is 16.1 Å². The van der Waals surface area contributed by atoms with Gasteiger partial charge < -0.3 is 9.47 Å². The molecular formula is C22H25N3O3S. The maximum Gasteiger partial charge on any atom is 0.294 e. The summed E-state index contributed by atoms with van der Waals surface area (Å²) in [4.78, 5) is 41.1. The number of fused-ring (bicyclic) bond motifs is 1. The van der Waals surface area contributed by atoms with Crippen LogP contribution < -0.4 is 0 Å². The Morgan fingerprint density at radius 2 is 1.93 bits per heavy atom. The van der Waals surface area contributed by atoms with E-state index in [9.17, 15) is 14.4 Å². The zero-order chi connectivity index (χ0) is 20.5. The number of hydrogen-bond acceptors (Lipinski definition) is 4. The molecule has 0 unspecified atom stereocenters. The number of benzene rings is 1. The summed E-state index contributed by atoms with van der Waals surface area (Å²) in [7, 11) is 0. The van der Waals surface area contributed by atoms with Gasteiger partial charge in [-0.25, -0.2) is 0 Å². The van der Waals surface area contributed by atoms with Crippen LogP contribution >= 0.6 is 11.8 Å². The van der Waals surface area contributed by atoms with Crippen molar-refractivity contribution in [3.8, 4) is 0 Å². The first-order chi connectivity index (χ1) is 14.0. The van der Waals surface area contributed by atoms with Gasteiger partial charge in [0.25, 0.3) is 11.1 Å². The number of para-hydroxylation sites is 1. The van der Waals surface area contributed by atoms with Crippen LogP contribution in [0.15, 0.2) is 35.4 Å². The van der Waals surface area contributed by atoms with Gasteiger partial charge in [-0.1, -0.05) is 25.1 Å². The lowest BCUT2D eigenvalue weighted by molar-refractivity contribution is -0.136. The number of aryl methyl sites for hydroxylation is 1. The second kappa shape index (κ2) is 8.06. The van der Waals surface area contributed by atoms with Crippen molar-refractivity contribution in [1.82, 2.24) is 14.4 Å². The first-order valence-electron chi connectivity index (χ1n) is 10.1. The molecule has 2 fully saturated rings. The third kappa shape index (κ3) is 3.83. The summed E-state index contributed by atoms with van der Waals surface area (Å²) in [5.74, 6) is 0.0829. The minimum atomic E-state index is -0.382. The van der Waals surface area contributed by atoms with Gasteiger partial charge in [-0.3, -0.25) is 19.3 Å². The lowest BCUT2D eigenvalue weighted by Crippen LogP contribution is -2.45. The summed E-state index contributed by atoms with van der Waals surface area (Å²) in [6, 6.07) is 8.00. The highest BCUT2D eigenvalue weighted by Gasteiger charge is 2.37. The van der Waals surface area contributed by atoms with E-state index in [4.69, 9.17) is 0 Å². The molecule has 2 aliphatic rings. The molecule has 1 aromatic heterocycles. The molecule has 2 aliphatic heterocycles. The molecule has 2 aromatic rings. The van der Waals surface area contributed by atoms with Crippen LogP contribution in [-0.4, -0.2) is 51.1 Å². The van der Waals surface area contributed by atoms with Crippen LogP contribution in [0.1, 0.15) is 32.3 Å². The second-order valence-electron chi connectivity index (χ2n) is 7.72. The summed E-state index contributed by atoms with van der Waals surface area (Å²) < 4.78 is 2.12. The fourth-order valence-corrected chi connectivity index (χ4v) is 4.75. The Labute approximate surface area is 174 Å². The van der Waals surface area contributed by atoms with Crippen molar-refractivity contribution in [2.45, 2.75) is 33.2 Å². The average molecular weight is 412 g/mol. The topological polar surface area (TPSA) is 62.6 Å². The Kier molecular flexibility index (Phi) is 5.50. The molecule has 7 heteroatoms. The van der Waals surface area contributed by atoms with Gasteiger partial charge in [0.15, 0.2) is 0 Å². The number of likely N-dealkylation sites (tertiary alicyclic amines) is 1. The predicted octanol–water partition coefficient (Wildman–Crippen LogP) is 3.96. The molecule has 6 nitrogen and oxygen atoms in total. The molecule has 3 heterocycles. The van der Waals surface area contributed by atoms with Gasteiger partial charge in [-0.2, -0.15) is 0 Å². The Morgan fingerprint density at radius 3 is 2.66 bits per heavy atom. The third-order valence-electron chi connectivity index (χ3n) is 5.75. The maximum atomic E-state index is 12.8. The van der Waals surface area contributed by atoms with Gasteiger partial charge in [0.05, 0.1) is 4.91 Å². The fraction of sp³-hybridized carbons (Fsp3) is 0.409. The predicted molar refractivity (Wildman–Crippen MR) is 115 cm³/mol. The lowest BCUT2D eigenvalue weighted by atomic mass is 9.99. The van der Waals surface area contributed by atoms with E-state index in [2.05, 4.69) is 18.4 Å². The summed E-state index contributed by atoms with van der Waals surface area (Å²) in [5, 5.41) is 0.666. The molecule has 0 bridgehead atoms. The van der Waals surface area contributed by atoms with Gasteiger partial charge in [-0.15, -0.1) is 0 Å². The van der Waals surface area contributed by atoms with E-state index in [0.29, 0.717) is 23.9 Å². The SMILES string of the molecule is CCn1cc(C=C2SC(=O)N(CC(=O)N3CCC(C)CC3)C2=O)c2ccccc21. The molecule has 0 saturated carbocycles. The lowest BCUT2D eigenvalue weighted by Gasteiger charge is -2.31. The molecule has 29 heavy (non-hydrogen) atoms. The van der Waals surface area contributed by atoms with E-state index < -0.39 is 0 Å². The molecule has 3 amide bonds. The molecular weight excluding hydrogens is 386 g/mol. The quantitative estimate of drug-likeness (QED) is 0.715. The van der Waals surface area contributed by atoms with E-state index in [-0.39, 0.29) is 23.6 Å². The highest BCUT2D eigenvalue weighted by Crippen LogP contribution is 2.34. The first kappa shape index (κ1) is 19.8. The molecule has 1 aromatic carbocycles. The number of aromatic nitrogens is 1. The van der Waals surface area contributed by atoms with E-state index in [1.165, 1.54) is 0 Å². The van der Waals surface area contributed by atoms with Crippen LogP contribution in [0.2, 0.25) is 0 Å². The minimum Gasteiger partial charge on any atom is -0.347 e. The maximum absolute atomic E-state index is 12.8. The number of amides is 3. The largest absolute Gasteiger partial charge is 0.347 e. The number of carbonyl (C=O) groups excluding carboxylic acids is 3. The van der Waals surface area contributed by atoms with Crippen LogP contribution in [0.5, 0.6) is 0 Å². The Morgan fingerprint density at radius 1 is 1.21 bits per heavy atom. The van der Waals surface area contributed by atoms with Crippen molar-refractivity contribution in [3.05, 3.63) is 40.9 Å². The van der Waals surface area contributed by atoms with E-state index in [0.717, 1.165) is 52.5 Å². The summed E-state index contributed by atoms with van der Waals surface area (Å²) in [5.41, 5.74) is 2.00. The van der Waals surface area contributed by atoms with Crippen LogP contribution in [0.3, 0.4) is 0 Å². The number of carbonyl (C=O) groups is 3. The molecule has 0 radical (unpaired) electrons. The smallest absolute Gasteiger partial charge is 0.294 e. The number of piperidine rings is 1. The van der Waals surface area contributed by atoms with Gasteiger partial charge in [0.1, 0.15) is 6.54 Å². The van der Waals surface area contributed by atoms with Crippen molar-refractivity contribution in [3.63, 3.8) is 0 Å². The third-order valence-corrected chi connectivity index (χ3v) is 6.66. The first-order valence-corrected chi connectivity index (χ1v) is 10.9. The monoisotopic (exact) mass is 411 g/mol. The average Bonchev–Trinajstić information content (AvgIpc) is 3.21. The fourth-order valence-electron chi connectivity index (χ4n) is 3.92. The molecule has 152 valence electrons. The standard InChI is InChI=1S/C22H25N3O3S/c1-3-23-13-16(17-6-4-5-7-18(17)23)12-19-21(27)25(22(28)29-19)14-20(26)24-10-8-15(2)9-11-24/h4-7,12-13,15H,3,8-11,14H2,1-2H3. The molecule has 0 aliphatic carbocycles. The second-order valence-corrected chi connectivity index (χ2v) is 8.71. The Bertz CT molecular complexity index is 1000. The van der Waals surface area contributed by atoms with Crippen molar-refractivity contribution in [2.75, 3.05) is 19.6 Å². The van der Waals surface area contributed by atoms with Crippen LogP contribution in [0.4, 0.5) is 4.79 Å². The Balaban J connectivity index is 1.53. The molecule has 0 spiro atoms. The molecule has 0 atom stereocenters. The number of thioether (sulfide) groups is 1. The van der Waals surface area contributed by atoms with Crippen molar-refractivity contribution in [1.29, 1.82) is 0 Å². The van der Waals surface area contributed by atoms with Crippen LogP contribution in [0.25, 0.3) is 17.0 Å². The van der Waals surface area contributed by atoms with Gasteiger partial charge in [-0.05, 0) is 49.6 Å². The molecule has 0 N–H and O–H groups in total. The van der Waals surface area contributed by atoms with Crippen LogP contribution in [0, 0.1) is 5.92 Å². The van der Waals surface area contributed by atoms with E-state index in [1.807, 2.05) is 30.5 Å². The highest BCUT2D eigenvalue weighted by atomic mass is 32.2. The number of nitrogens with zero attached hydrogens (tertiary/aromatic N) is 3. The van der Waals surface area contributed by atoms with E-state index in [1.54, 1.807) is 11.0 Å². The van der Waals surface area contributed by atoms with Crippen molar-refractivity contribution < 1.29 is 14.4 Å². The molecule has 4 rings (SSSR count).